The van der Waals surface area contributed by atoms with Crippen molar-refractivity contribution in [2.24, 2.45) is 0 Å². The molecule has 0 aliphatic carbocycles. The van der Waals surface area contributed by atoms with E-state index in [9.17, 15) is 13.6 Å². The predicted octanol–water partition coefficient (Wildman–Crippen LogP) is 1.91. The van der Waals surface area contributed by atoms with E-state index < -0.39 is 17.6 Å². The van der Waals surface area contributed by atoms with Crippen molar-refractivity contribution in [2.75, 3.05) is 12.3 Å². The van der Waals surface area contributed by atoms with E-state index in [0.717, 1.165) is 16.7 Å². The molecule has 1 aromatic carbocycles. The number of halogens is 2. The second-order valence-corrected chi connectivity index (χ2v) is 3.66. The van der Waals surface area contributed by atoms with Crippen molar-refractivity contribution in [3.05, 3.63) is 41.9 Å². The lowest BCUT2D eigenvalue weighted by Gasteiger charge is -2.06. The summed E-state index contributed by atoms with van der Waals surface area (Å²) in [6.45, 7) is 1.82. The molecule has 0 unspecified atom stereocenters. The molecule has 7 heteroatoms. The highest BCUT2D eigenvalue weighted by Gasteiger charge is 2.19. The number of imidazole rings is 1. The molecule has 0 saturated carbocycles. The summed E-state index contributed by atoms with van der Waals surface area (Å²) in [6, 6.07) is 3.01. The van der Waals surface area contributed by atoms with Crippen molar-refractivity contribution >= 4 is 11.8 Å². The zero-order valence-corrected chi connectivity index (χ0v) is 10.1. The van der Waals surface area contributed by atoms with E-state index in [1.165, 1.54) is 12.4 Å². The van der Waals surface area contributed by atoms with Gasteiger partial charge in [-0.25, -0.2) is 18.6 Å². The molecule has 0 amide bonds. The Kier molecular flexibility index (Phi) is 3.46. The maximum Gasteiger partial charge on any atom is 0.360 e. The van der Waals surface area contributed by atoms with Crippen LogP contribution in [0, 0.1) is 11.6 Å². The summed E-state index contributed by atoms with van der Waals surface area (Å²) in [5, 5.41) is 0. The number of carbonyl (C=O) groups excluding carboxylic acids is 1. The number of nitrogens with two attached hydrogens (primary N) is 1. The number of aromatic nitrogens is 2. The highest BCUT2D eigenvalue weighted by molar-refractivity contribution is 5.92. The first-order chi connectivity index (χ1) is 9.04. The van der Waals surface area contributed by atoms with Gasteiger partial charge in [-0.05, 0) is 19.1 Å². The van der Waals surface area contributed by atoms with Crippen LogP contribution in [0.4, 0.5) is 14.6 Å². The lowest BCUT2D eigenvalue weighted by Crippen LogP contribution is -2.10. The summed E-state index contributed by atoms with van der Waals surface area (Å²) in [4.78, 5) is 15.3. The van der Waals surface area contributed by atoms with E-state index >= 15 is 0 Å². The Balaban J connectivity index is 2.44. The summed E-state index contributed by atoms with van der Waals surface area (Å²) in [7, 11) is 0. The van der Waals surface area contributed by atoms with Crippen molar-refractivity contribution in [2.45, 2.75) is 6.92 Å². The number of nitrogens with zero attached hydrogens (tertiary/aromatic N) is 2. The normalized spacial score (nSPS) is 10.5. The summed E-state index contributed by atoms with van der Waals surface area (Å²) in [6.07, 6.45) is 1.18. The Hall–Kier alpha value is -2.44. The molecule has 1 heterocycles. The van der Waals surface area contributed by atoms with Crippen molar-refractivity contribution < 1.29 is 18.3 Å². The molecule has 0 saturated heterocycles. The monoisotopic (exact) mass is 267 g/mol. The summed E-state index contributed by atoms with van der Waals surface area (Å²) in [5.74, 6) is -2.27. The molecule has 0 fully saturated rings. The van der Waals surface area contributed by atoms with Gasteiger partial charge >= 0.3 is 5.97 Å². The predicted molar refractivity (Wildman–Crippen MR) is 63.8 cm³/mol. The molecule has 5 nitrogen and oxygen atoms in total. The topological polar surface area (TPSA) is 70.1 Å². The minimum absolute atomic E-state index is 0.00180. The SMILES string of the molecule is CCOC(=O)c1ncn(-c2ccc(F)cc2F)c1N. The van der Waals surface area contributed by atoms with Gasteiger partial charge in [-0.1, -0.05) is 0 Å². The fourth-order valence-corrected chi connectivity index (χ4v) is 1.58. The first kappa shape index (κ1) is 13.0. The van der Waals surface area contributed by atoms with Gasteiger partial charge < -0.3 is 10.5 Å². The number of hydrogen-bond acceptors (Lipinski definition) is 4. The van der Waals surface area contributed by atoms with Gasteiger partial charge in [-0.15, -0.1) is 0 Å². The van der Waals surface area contributed by atoms with E-state index in [-0.39, 0.29) is 23.8 Å². The van der Waals surface area contributed by atoms with Gasteiger partial charge in [0.2, 0.25) is 0 Å². The minimum atomic E-state index is -0.806. The maximum atomic E-state index is 13.6. The molecule has 0 atom stereocenters. The number of benzene rings is 1. The fourth-order valence-electron chi connectivity index (χ4n) is 1.58. The third-order valence-corrected chi connectivity index (χ3v) is 2.44. The van der Waals surface area contributed by atoms with Crippen LogP contribution in [0.3, 0.4) is 0 Å². The molecule has 0 radical (unpaired) electrons. The van der Waals surface area contributed by atoms with Gasteiger partial charge in [0.15, 0.2) is 5.69 Å². The Morgan fingerprint density at radius 3 is 2.84 bits per heavy atom. The quantitative estimate of drug-likeness (QED) is 0.862. The zero-order valence-electron chi connectivity index (χ0n) is 10.1. The largest absolute Gasteiger partial charge is 0.461 e. The number of nitrogen functional groups attached to an aromatic ring is 1. The molecule has 2 aromatic rings. The van der Waals surface area contributed by atoms with Gasteiger partial charge in [-0.3, -0.25) is 4.57 Å². The molecule has 100 valence electrons. The highest BCUT2D eigenvalue weighted by atomic mass is 19.1. The van der Waals surface area contributed by atoms with Crippen LogP contribution in [0.2, 0.25) is 0 Å². The van der Waals surface area contributed by atoms with Crippen LogP contribution in [0.5, 0.6) is 0 Å². The van der Waals surface area contributed by atoms with E-state index in [0.29, 0.717) is 0 Å². The number of hydrogen-bond donors (Lipinski definition) is 1. The highest BCUT2D eigenvalue weighted by Crippen LogP contribution is 2.21. The van der Waals surface area contributed by atoms with Crippen molar-refractivity contribution in [3.63, 3.8) is 0 Å². The molecule has 2 N–H and O–H groups in total. The van der Waals surface area contributed by atoms with Crippen LogP contribution >= 0.6 is 0 Å². The van der Waals surface area contributed by atoms with Crippen LogP contribution < -0.4 is 5.73 Å². The molecule has 1 aromatic heterocycles. The van der Waals surface area contributed by atoms with Crippen molar-refractivity contribution in [1.29, 1.82) is 0 Å². The second-order valence-electron chi connectivity index (χ2n) is 3.66. The lowest BCUT2D eigenvalue weighted by atomic mass is 10.3. The molecule has 19 heavy (non-hydrogen) atoms. The molecular weight excluding hydrogens is 256 g/mol. The Bertz CT molecular complexity index is 625. The number of anilines is 1. The Morgan fingerprint density at radius 1 is 1.47 bits per heavy atom. The Labute approximate surface area is 107 Å². The molecule has 0 spiro atoms. The van der Waals surface area contributed by atoms with Crippen LogP contribution in [0.25, 0.3) is 5.69 Å². The van der Waals surface area contributed by atoms with Crippen LogP contribution in [0.15, 0.2) is 24.5 Å². The number of rotatable bonds is 3. The average Bonchev–Trinajstić information content (AvgIpc) is 2.72. The van der Waals surface area contributed by atoms with Gasteiger partial charge in [0, 0.05) is 6.07 Å². The molecular formula is C12H11F2N3O2. The molecule has 2 rings (SSSR count). The number of esters is 1. The average molecular weight is 267 g/mol. The third kappa shape index (κ3) is 2.40. The van der Waals surface area contributed by atoms with Gasteiger partial charge in [0.25, 0.3) is 0 Å². The maximum absolute atomic E-state index is 13.6. The Morgan fingerprint density at radius 2 is 2.21 bits per heavy atom. The van der Waals surface area contributed by atoms with Gasteiger partial charge in [0.1, 0.15) is 23.8 Å². The summed E-state index contributed by atoms with van der Waals surface area (Å²) in [5.41, 5.74) is 5.61. The fraction of sp³-hybridized carbons (Fsp3) is 0.167. The van der Waals surface area contributed by atoms with Crippen molar-refractivity contribution in [3.8, 4) is 5.69 Å². The number of carbonyl (C=O) groups is 1. The molecule has 0 aliphatic rings. The smallest absolute Gasteiger partial charge is 0.360 e. The third-order valence-electron chi connectivity index (χ3n) is 2.44. The van der Waals surface area contributed by atoms with Crippen molar-refractivity contribution in [1.82, 2.24) is 9.55 Å². The van der Waals surface area contributed by atoms with E-state index in [4.69, 9.17) is 10.5 Å². The standard InChI is InChI=1S/C12H11F2N3O2/c1-2-19-12(18)10-11(15)17(6-16-10)9-4-3-7(13)5-8(9)14/h3-6H,2,15H2,1H3. The number of ether oxygens (including phenoxy) is 1. The zero-order chi connectivity index (χ0) is 14.0. The second kappa shape index (κ2) is 5.05. The van der Waals surface area contributed by atoms with Crippen LogP contribution in [0.1, 0.15) is 17.4 Å². The summed E-state index contributed by atoms with van der Waals surface area (Å²) >= 11 is 0. The van der Waals surface area contributed by atoms with Crippen LogP contribution in [-0.4, -0.2) is 22.1 Å². The first-order valence-corrected chi connectivity index (χ1v) is 5.50. The van der Waals surface area contributed by atoms with Crippen LogP contribution in [-0.2, 0) is 4.74 Å². The molecule has 0 aliphatic heterocycles. The molecule has 0 bridgehead atoms. The first-order valence-electron chi connectivity index (χ1n) is 5.50. The van der Waals surface area contributed by atoms with E-state index in [1.807, 2.05) is 0 Å². The lowest BCUT2D eigenvalue weighted by molar-refractivity contribution is 0.0521. The van der Waals surface area contributed by atoms with E-state index in [2.05, 4.69) is 4.98 Å². The van der Waals surface area contributed by atoms with Gasteiger partial charge in [-0.2, -0.15) is 0 Å². The minimum Gasteiger partial charge on any atom is -0.461 e. The summed E-state index contributed by atoms with van der Waals surface area (Å²) < 4.78 is 32.4. The van der Waals surface area contributed by atoms with E-state index in [1.54, 1.807) is 6.92 Å². The van der Waals surface area contributed by atoms with Gasteiger partial charge in [0.05, 0.1) is 12.3 Å².